The van der Waals surface area contributed by atoms with Gasteiger partial charge in [0.25, 0.3) is 0 Å². The fraction of sp³-hybridized carbons (Fsp3) is 0.118. The Morgan fingerprint density at radius 1 is 1.18 bits per heavy atom. The molecule has 2 aromatic rings. The van der Waals surface area contributed by atoms with Gasteiger partial charge in [0.1, 0.15) is 5.75 Å². The van der Waals surface area contributed by atoms with E-state index in [1.807, 2.05) is 31.2 Å². The van der Waals surface area contributed by atoms with Crippen LogP contribution >= 0.6 is 23.2 Å². The number of hydrogen-bond acceptors (Lipinski definition) is 2. The molecule has 0 unspecified atom stereocenters. The molecule has 0 aliphatic carbocycles. The summed E-state index contributed by atoms with van der Waals surface area (Å²) in [4.78, 5) is 11.9. The van der Waals surface area contributed by atoms with E-state index in [0.29, 0.717) is 21.4 Å². The molecule has 0 saturated carbocycles. The first-order valence-corrected chi connectivity index (χ1v) is 7.34. The summed E-state index contributed by atoms with van der Waals surface area (Å²) in [6, 6.07) is 10.8. The lowest BCUT2D eigenvalue weighted by molar-refractivity contribution is -0.111. The summed E-state index contributed by atoms with van der Waals surface area (Å²) >= 11 is 12.0. The van der Waals surface area contributed by atoms with E-state index in [9.17, 15) is 4.79 Å². The third-order valence-electron chi connectivity index (χ3n) is 2.97. The molecule has 22 heavy (non-hydrogen) atoms. The lowest BCUT2D eigenvalue weighted by atomic mass is 10.2. The molecule has 0 aromatic heterocycles. The molecule has 2 rings (SSSR count). The third kappa shape index (κ3) is 4.26. The molecular weight excluding hydrogens is 321 g/mol. The fourth-order valence-electron chi connectivity index (χ4n) is 1.91. The fourth-order valence-corrected chi connectivity index (χ4v) is 2.49. The summed E-state index contributed by atoms with van der Waals surface area (Å²) in [6.45, 7) is 1.99. The van der Waals surface area contributed by atoms with E-state index in [-0.39, 0.29) is 5.91 Å². The van der Waals surface area contributed by atoms with Crippen molar-refractivity contribution in [1.29, 1.82) is 0 Å². The van der Waals surface area contributed by atoms with Gasteiger partial charge in [0, 0.05) is 22.3 Å². The van der Waals surface area contributed by atoms with Crippen molar-refractivity contribution in [2.24, 2.45) is 0 Å². The predicted octanol–water partition coefficient (Wildman–Crippen LogP) is 4.96. The zero-order valence-electron chi connectivity index (χ0n) is 12.2. The zero-order valence-corrected chi connectivity index (χ0v) is 13.7. The van der Waals surface area contributed by atoms with Gasteiger partial charge in [0.05, 0.1) is 12.1 Å². The van der Waals surface area contributed by atoms with E-state index in [0.717, 1.165) is 11.3 Å². The number of benzene rings is 2. The van der Waals surface area contributed by atoms with Crippen LogP contribution in [0.1, 0.15) is 11.1 Å². The summed E-state index contributed by atoms with van der Waals surface area (Å²) in [5.41, 5.74) is 2.50. The van der Waals surface area contributed by atoms with Crippen molar-refractivity contribution in [2.45, 2.75) is 6.92 Å². The van der Waals surface area contributed by atoms with Crippen molar-refractivity contribution in [3.05, 3.63) is 63.6 Å². The molecule has 0 atom stereocenters. The topological polar surface area (TPSA) is 38.3 Å². The highest BCUT2D eigenvalue weighted by atomic mass is 35.5. The van der Waals surface area contributed by atoms with Gasteiger partial charge in [-0.25, -0.2) is 0 Å². The molecule has 0 aliphatic rings. The van der Waals surface area contributed by atoms with E-state index in [1.165, 1.54) is 13.2 Å². The van der Waals surface area contributed by atoms with Gasteiger partial charge in [-0.05, 0) is 37.3 Å². The number of rotatable bonds is 4. The van der Waals surface area contributed by atoms with Crippen LogP contribution in [0.4, 0.5) is 5.69 Å². The summed E-state index contributed by atoms with van der Waals surface area (Å²) in [6.07, 6.45) is 3.02. The molecule has 0 radical (unpaired) electrons. The molecule has 1 amide bonds. The summed E-state index contributed by atoms with van der Waals surface area (Å²) in [5.74, 6) is 0.229. The van der Waals surface area contributed by atoms with E-state index in [1.54, 1.807) is 18.2 Å². The van der Waals surface area contributed by atoms with Gasteiger partial charge in [0.2, 0.25) is 5.91 Å². The Kier molecular flexibility index (Phi) is 5.47. The monoisotopic (exact) mass is 335 g/mol. The lowest BCUT2D eigenvalue weighted by Gasteiger charge is -2.08. The maximum Gasteiger partial charge on any atom is 0.248 e. The minimum Gasteiger partial charge on any atom is -0.495 e. The molecule has 0 aliphatic heterocycles. The molecule has 114 valence electrons. The van der Waals surface area contributed by atoms with Crippen LogP contribution in [-0.2, 0) is 4.79 Å². The number of amides is 1. The van der Waals surface area contributed by atoms with Crippen molar-refractivity contribution < 1.29 is 9.53 Å². The van der Waals surface area contributed by atoms with Gasteiger partial charge in [0.15, 0.2) is 0 Å². The second-order valence-corrected chi connectivity index (χ2v) is 5.54. The average molecular weight is 336 g/mol. The smallest absolute Gasteiger partial charge is 0.248 e. The van der Waals surface area contributed by atoms with Crippen LogP contribution in [0, 0.1) is 6.92 Å². The van der Waals surface area contributed by atoms with Gasteiger partial charge in [-0.3, -0.25) is 4.79 Å². The molecule has 0 spiro atoms. The SMILES string of the molecule is COc1c(Cl)cc(Cl)cc1C=CC(=O)Nc1ccc(C)cc1. The summed E-state index contributed by atoms with van der Waals surface area (Å²) < 4.78 is 5.22. The normalized spacial score (nSPS) is 10.7. The van der Waals surface area contributed by atoms with Crippen LogP contribution in [-0.4, -0.2) is 13.0 Å². The molecule has 0 fully saturated rings. The van der Waals surface area contributed by atoms with Crippen molar-refractivity contribution in [3.8, 4) is 5.75 Å². The first-order valence-electron chi connectivity index (χ1n) is 6.58. The van der Waals surface area contributed by atoms with E-state index < -0.39 is 0 Å². The third-order valence-corrected chi connectivity index (χ3v) is 3.47. The zero-order chi connectivity index (χ0) is 16.1. The van der Waals surface area contributed by atoms with Crippen LogP contribution in [0.2, 0.25) is 10.0 Å². The molecule has 3 nitrogen and oxygen atoms in total. The Morgan fingerprint density at radius 2 is 1.86 bits per heavy atom. The number of aryl methyl sites for hydroxylation is 1. The molecule has 5 heteroatoms. The van der Waals surface area contributed by atoms with Crippen molar-refractivity contribution in [3.63, 3.8) is 0 Å². The van der Waals surface area contributed by atoms with Crippen LogP contribution < -0.4 is 10.1 Å². The molecule has 0 heterocycles. The van der Waals surface area contributed by atoms with Crippen LogP contribution in [0.5, 0.6) is 5.75 Å². The molecule has 1 N–H and O–H groups in total. The van der Waals surface area contributed by atoms with Gasteiger partial charge >= 0.3 is 0 Å². The summed E-state index contributed by atoms with van der Waals surface area (Å²) in [5, 5.41) is 3.65. The first kappa shape index (κ1) is 16.4. The second kappa shape index (κ2) is 7.34. The molecule has 2 aromatic carbocycles. The van der Waals surface area contributed by atoms with Crippen molar-refractivity contribution in [1.82, 2.24) is 0 Å². The van der Waals surface area contributed by atoms with Gasteiger partial charge < -0.3 is 10.1 Å². The van der Waals surface area contributed by atoms with E-state index >= 15 is 0 Å². The van der Waals surface area contributed by atoms with Gasteiger partial charge in [-0.15, -0.1) is 0 Å². The Labute approximate surface area is 139 Å². The Morgan fingerprint density at radius 3 is 2.50 bits per heavy atom. The maximum absolute atomic E-state index is 11.9. The quantitative estimate of drug-likeness (QED) is 0.801. The van der Waals surface area contributed by atoms with E-state index in [2.05, 4.69) is 5.32 Å². The minimum absolute atomic E-state index is 0.248. The Hall–Kier alpha value is -1.97. The Balaban J connectivity index is 2.14. The number of halogens is 2. The number of nitrogens with one attached hydrogen (secondary N) is 1. The second-order valence-electron chi connectivity index (χ2n) is 4.70. The number of anilines is 1. The average Bonchev–Trinajstić information content (AvgIpc) is 2.47. The standard InChI is InChI=1S/C17H15Cl2NO2/c1-11-3-6-14(7-4-11)20-16(21)8-5-12-9-13(18)10-15(19)17(12)22-2/h3-10H,1-2H3,(H,20,21). The van der Waals surface area contributed by atoms with Gasteiger partial charge in [-0.2, -0.15) is 0 Å². The van der Waals surface area contributed by atoms with E-state index in [4.69, 9.17) is 27.9 Å². The number of hydrogen-bond donors (Lipinski definition) is 1. The predicted molar refractivity (Wildman–Crippen MR) is 91.9 cm³/mol. The maximum atomic E-state index is 11.9. The van der Waals surface area contributed by atoms with Crippen LogP contribution in [0.15, 0.2) is 42.5 Å². The largest absolute Gasteiger partial charge is 0.495 e. The molecule has 0 bridgehead atoms. The molecular formula is C17H15Cl2NO2. The highest BCUT2D eigenvalue weighted by Crippen LogP contribution is 2.32. The number of carbonyl (C=O) groups excluding carboxylic acids is 1. The van der Waals surface area contributed by atoms with Crippen molar-refractivity contribution in [2.75, 3.05) is 12.4 Å². The number of ether oxygens (including phenoxy) is 1. The highest BCUT2D eigenvalue weighted by molar-refractivity contribution is 6.36. The summed E-state index contributed by atoms with van der Waals surface area (Å²) in [7, 11) is 1.51. The van der Waals surface area contributed by atoms with Gasteiger partial charge in [-0.1, -0.05) is 40.9 Å². The highest BCUT2D eigenvalue weighted by Gasteiger charge is 2.08. The first-order chi connectivity index (χ1) is 10.5. The number of carbonyl (C=O) groups is 1. The van der Waals surface area contributed by atoms with Crippen LogP contribution in [0.25, 0.3) is 6.08 Å². The lowest BCUT2D eigenvalue weighted by Crippen LogP contribution is -2.07. The molecule has 0 saturated heterocycles. The number of methoxy groups -OCH3 is 1. The minimum atomic E-state index is -0.248. The Bertz CT molecular complexity index is 709. The van der Waals surface area contributed by atoms with Crippen molar-refractivity contribution >= 4 is 40.9 Å². The van der Waals surface area contributed by atoms with Crippen LogP contribution in [0.3, 0.4) is 0 Å².